The Morgan fingerprint density at radius 3 is 2.00 bits per heavy atom. The molecule has 0 atom stereocenters. The summed E-state index contributed by atoms with van der Waals surface area (Å²) in [5, 5.41) is 1.08. The van der Waals surface area contributed by atoms with Gasteiger partial charge in [-0.3, -0.25) is 0 Å². The molecule has 0 bridgehead atoms. The predicted molar refractivity (Wildman–Crippen MR) is 53.4 cm³/mol. The Labute approximate surface area is 75.5 Å². The first-order valence-electron chi connectivity index (χ1n) is 4.16. The molecule has 68 valence electrons. The molecule has 0 rings (SSSR count). The summed E-state index contributed by atoms with van der Waals surface area (Å²) in [6.45, 7) is 7.79. The first-order chi connectivity index (χ1) is 5.35. The number of hydrogen-bond acceptors (Lipinski definition) is 3. The van der Waals surface area contributed by atoms with E-state index in [0.29, 0.717) is 0 Å². The van der Waals surface area contributed by atoms with Crippen LogP contribution in [-0.4, -0.2) is 33.6 Å². The summed E-state index contributed by atoms with van der Waals surface area (Å²) in [6, 6.07) is 0. The van der Waals surface area contributed by atoms with E-state index in [2.05, 4.69) is 6.92 Å². The van der Waals surface area contributed by atoms with E-state index in [-0.39, 0.29) is 0 Å². The zero-order chi connectivity index (χ0) is 8.53. The molecule has 0 saturated carbocycles. The smallest absolute Gasteiger partial charge is 0.331 e. The molecule has 0 saturated heterocycles. The van der Waals surface area contributed by atoms with Crippen molar-refractivity contribution in [3.8, 4) is 0 Å². The molecule has 0 aromatic carbocycles. The maximum atomic E-state index is 5.48. The molecule has 0 aromatic heterocycles. The van der Waals surface area contributed by atoms with Gasteiger partial charge >= 0.3 is 9.28 Å². The van der Waals surface area contributed by atoms with E-state index in [9.17, 15) is 0 Å². The Kier molecular flexibility index (Phi) is 8.96. The van der Waals surface area contributed by atoms with E-state index in [1.807, 2.05) is 25.6 Å². The van der Waals surface area contributed by atoms with Crippen LogP contribution in [0.4, 0.5) is 0 Å². The highest BCUT2D eigenvalue weighted by atomic mass is 32.2. The lowest BCUT2D eigenvalue weighted by Crippen LogP contribution is -2.26. The normalized spacial score (nSPS) is 10.9. The van der Waals surface area contributed by atoms with E-state index in [1.165, 1.54) is 0 Å². The summed E-state index contributed by atoms with van der Waals surface area (Å²) in [7, 11) is -1.29. The minimum atomic E-state index is -1.29. The molecule has 0 aliphatic carbocycles. The maximum absolute atomic E-state index is 5.48. The molecule has 2 nitrogen and oxygen atoms in total. The molecule has 0 radical (unpaired) electrons. The summed E-state index contributed by atoms with van der Waals surface area (Å²) in [5.41, 5.74) is 0. The van der Waals surface area contributed by atoms with Crippen molar-refractivity contribution in [2.45, 2.75) is 20.8 Å². The van der Waals surface area contributed by atoms with Crippen molar-refractivity contribution >= 4 is 21.0 Å². The highest BCUT2D eigenvalue weighted by Crippen LogP contribution is 2.03. The topological polar surface area (TPSA) is 18.5 Å². The number of rotatable bonds is 7. The Bertz CT molecular complexity index is 76.8. The van der Waals surface area contributed by atoms with Gasteiger partial charge in [-0.25, -0.2) is 0 Å². The fraction of sp³-hybridized carbons (Fsp3) is 1.00. The summed E-state index contributed by atoms with van der Waals surface area (Å²) in [4.78, 5) is 0. The highest BCUT2D eigenvalue weighted by molar-refractivity contribution is 8.00. The van der Waals surface area contributed by atoms with Crippen molar-refractivity contribution < 1.29 is 8.85 Å². The van der Waals surface area contributed by atoms with Gasteiger partial charge in [0.2, 0.25) is 0 Å². The van der Waals surface area contributed by atoms with Crippen LogP contribution < -0.4 is 0 Å². The lowest BCUT2D eigenvalue weighted by atomic mass is 10.9. The lowest BCUT2D eigenvalue weighted by molar-refractivity contribution is 0.219. The van der Waals surface area contributed by atoms with Gasteiger partial charge in [0.05, 0.1) is 0 Å². The van der Waals surface area contributed by atoms with Crippen molar-refractivity contribution in [2.24, 2.45) is 0 Å². The largest absolute Gasteiger partial charge is 0.396 e. The van der Waals surface area contributed by atoms with Crippen LogP contribution >= 0.6 is 11.8 Å². The van der Waals surface area contributed by atoms with Crippen LogP contribution in [0, 0.1) is 0 Å². The van der Waals surface area contributed by atoms with Crippen LogP contribution in [0.25, 0.3) is 0 Å². The average Bonchev–Trinajstić information content (AvgIpc) is 2.01. The standard InChI is InChI=1S/C7H18O2SSi/c1-4-8-11(9-5-2)7-10-6-3/h11H,4-7H2,1-3H3. The predicted octanol–water partition coefficient (Wildman–Crippen LogP) is 1.57. The zero-order valence-corrected chi connectivity index (χ0v) is 9.60. The van der Waals surface area contributed by atoms with Crippen molar-refractivity contribution in [3.05, 3.63) is 0 Å². The minimum Gasteiger partial charge on any atom is -0.396 e. The van der Waals surface area contributed by atoms with E-state index in [4.69, 9.17) is 8.85 Å². The van der Waals surface area contributed by atoms with Gasteiger partial charge in [0.25, 0.3) is 0 Å². The number of hydrogen-bond donors (Lipinski definition) is 0. The van der Waals surface area contributed by atoms with Gasteiger partial charge in [-0.1, -0.05) is 6.92 Å². The molecule has 0 aromatic rings. The Balaban J connectivity index is 3.34. The molecule has 0 fully saturated rings. The lowest BCUT2D eigenvalue weighted by Gasteiger charge is -2.13. The molecular weight excluding hydrogens is 176 g/mol. The van der Waals surface area contributed by atoms with Gasteiger partial charge in [-0.05, 0) is 19.6 Å². The molecule has 11 heavy (non-hydrogen) atoms. The Morgan fingerprint density at radius 2 is 1.64 bits per heavy atom. The summed E-state index contributed by atoms with van der Waals surface area (Å²) < 4.78 is 11.0. The van der Waals surface area contributed by atoms with Crippen molar-refractivity contribution in [2.75, 3.05) is 24.3 Å². The molecule has 0 amide bonds. The van der Waals surface area contributed by atoms with Crippen molar-refractivity contribution in [3.63, 3.8) is 0 Å². The second-order valence-corrected chi connectivity index (χ2v) is 5.84. The van der Waals surface area contributed by atoms with Gasteiger partial charge in [-0.15, -0.1) is 0 Å². The minimum absolute atomic E-state index is 0.793. The zero-order valence-electron chi connectivity index (χ0n) is 7.63. The second kappa shape index (κ2) is 8.58. The van der Waals surface area contributed by atoms with E-state index < -0.39 is 9.28 Å². The SMILES string of the molecule is CCO[SiH](CSCC)OCC. The molecule has 0 aliphatic heterocycles. The maximum Gasteiger partial charge on any atom is 0.331 e. The summed E-state index contributed by atoms with van der Waals surface area (Å²) in [6.07, 6.45) is 0. The Hall–Kier alpha value is 0.487. The van der Waals surface area contributed by atoms with E-state index in [0.717, 1.165) is 24.3 Å². The third-order valence-corrected chi connectivity index (χ3v) is 5.01. The summed E-state index contributed by atoms with van der Waals surface area (Å²) in [5.74, 6) is 1.16. The van der Waals surface area contributed by atoms with Crippen LogP contribution in [0.1, 0.15) is 20.8 Å². The highest BCUT2D eigenvalue weighted by Gasteiger charge is 2.10. The molecule has 4 heteroatoms. The van der Waals surface area contributed by atoms with Crippen LogP contribution in [0.3, 0.4) is 0 Å². The first kappa shape index (κ1) is 11.5. The fourth-order valence-electron chi connectivity index (χ4n) is 0.730. The van der Waals surface area contributed by atoms with E-state index in [1.54, 1.807) is 0 Å². The van der Waals surface area contributed by atoms with Crippen LogP contribution in [0.2, 0.25) is 0 Å². The van der Waals surface area contributed by atoms with Gasteiger partial charge in [-0.2, -0.15) is 11.8 Å². The van der Waals surface area contributed by atoms with Crippen LogP contribution in [-0.2, 0) is 8.85 Å². The quantitative estimate of drug-likeness (QED) is 0.573. The molecule has 0 N–H and O–H groups in total. The number of thioether (sulfide) groups is 1. The molecule has 0 heterocycles. The molecule has 0 aliphatic rings. The monoisotopic (exact) mass is 194 g/mol. The third-order valence-electron chi connectivity index (χ3n) is 1.16. The third kappa shape index (κ3) is 6.87. The van der Waals surface area contributed by atoms with Crippen LogP contribution in [0.5, 0.6) is 0 Å². The van der Waals surface area contributed by atoms with Crippen molar-refractivity contribution in [1.82, 2.24) is 0 Å². The second-order valence-electron chi connectivity index (χ2n) is 2.00. The van der Waals surface area contributed by atoms with Crippen molar-refractivity contribution in [1.29, 1.82) is 0 Å². The van der Waals surface area contributed by atoms with Gasteiger partial charge in [0, 0.05) is 18.6 Å². The van der Waals surface area contributed by atoms with Gasteiger partial charge in [0.15, 0.2) is 0 Å². The van der Waals surface area contributed by atoms with E-state index >= 15 is 0 Å². The average molecular weight is 194 g/mol. The first-order valence-corrected chi connectivity index (χ1v) is 7.07. The Morgan fingerprint density at radius 1 is 1.09 bits per heavy atom. The molecule has 0 spiro atoms. The molecule has 0 unspecified atom stereocenters. The van der Waals surface area contributed by atoms with Crippen LogP contribution in [0.15, 0.2) is 0 Å². The summed E-state index contributed by atoms with van der Waals surface area (Å²) >= 11 is 1.91. The fourth-order valence-corrected chi connectivity index (χ4v) is 4.05. The van der Waals surface area contributed by atoms with Gasteiger partial charge < -0.3 is 8.85 Å². The van der Waals surface area contributed by atoms with Gasteiger partial charge in [0.1, 0.15) is 0 Å². The molecular formula is C7H18O2SSi.